The molecule has 3 rings (SSSR count). The lowest BCUT2D eigenvalue weighted by Crippen LogP contribution is -2.37. The highest BCUT2D eigenvalue weighted by Gasteiger charge is 2.25. The zero-order chi connectivity index (χ0) is 28.3. The third-order valence-electron chi connectivity index (χ3n) is 7.04. The van der Waals surface area contributed by atoms with Crippen LogP contribution in [0.5, 0.6) is 5.75 Å². The zero-order valence-corrected chi connectivity index (χ0v) is 23.8. The van der Waals surface area contributed by atoms with Gasteiger partial charge in [0.15, 0.2) is 5.82 Å². The number of phenolic OH excluding ortho intramolecular Hbond substituents is 1. The lowest BCUT2D eigenvalue weighted by atomic mass is 9.93. The average molecular weight is 543 g/mol. The summed E-state index contributed by atoms with van der Waals surface area (Å²) in [5.41, 5.74) is 0.853. The second-order valence-electron chi connectivity index (χ2n) is 10.3. The molecule has 0 bridgehead atoms. The molecule has 38 heavy (non-hydrogen) atoms. The molecule has 1 unspecified atom stereocenters. The van der Waals surface area contributed by atoms with Crippen LogP contribution in [0, 0.1) is 50.6 Å². The van der Waals surface area contributed by atoms with Crippen molar-refractivity contribution in [2.45, 2.75) is 58.4 Å². The van der Waals surface area contributed by atoms with Crippen LogP contribution in [0.15, 0.2) is 23.1 Å². The summed E-state index contributed by atoms with van der Waals surface area (Å²) < 4.78 is 36.1. The SMILES string of the molecule is COCNc1c(F)/c(=c2/ccc(F)c3c2=C(C#N)C(=N)S3)c(O)c/c1=C(/C)N(C)C(CCC(C)C)C(C)C. The van der Waals surface area contributed by atoms with Crippen LogP contribution in [-0.4, -0.2) is 42.0 Å². The van der Waals surface area contributed by atoms with Gasteiger partial charge in [-0.3, -0.25) is 5.41 Å². The van der Waals surface area contributed by atoms with Gasteiger partial charge in [0.05, 0.1) is 21.4 Å². The van der Waals surface area contributed by atoms with Gasteiger partial charge in [0.25, 0.3) is 0 Å². The van der Waals surface area contributed by atoms with E-state index in [-0.39, 0.29) is 55.4 Å². The number of aromatic hydroxyl groups is 1. The number of halogens is 2. The number of fused-ring (bicyclic) bond motifs is 1. The molecule has 1 aliphatic heterocycles. The van der Waals surface area contributed by atoms with Gasteiger partial charge in [-0.2, -0.15) is 5.26 Å². The van der Waals surface area contributed by atoms with E-state index in [1.807, 2.05) is 20.0 Å². The molecule has 204 valence electrons. The van der Waals surface area contributed by atoms with E-state index >= 15 is 4.39 Å². The Labute approximate surface area is 226 Å². The van der Waals surface area contributed by atoms with E-state index in [1.54, 1.807) is 0 Å². The Kier molecular flexibility index (Phi) is 9.45. The summed E-state index contributed by atoms with van der Waals surface area (Å²) in [5.74, 6) is -0.799. The van der Waals surface area contributed by atoms with Gasteiger partial charge >= 0.3 is 0 Å². The van der Waals surface area contributed by atoms with E-state index in [0.29, 0.717) is 17.1 Å². The van der Waals surface area contributed by atoms with Crippen molar-refractivity contribution in [3.05, 3.63) is 50.7 Å². The molecule has 2 aromatic rings. The second kappa shape index (κ2) is 12.2. The summed E-state index contributed by atoms with van der Waals surface area (Å²) in [7, 11) is 3.46. The number of thioether (sulfide) groups is 1. The Balaban J connectivity index is 2.45. The van der Waals surface area contributed by atoms with Gasteiger partial charge in [-0.15, -0.1) is 0 Å². The fraction of sp³-hybridized carbons (Fsp3) is 0.448. The van der Waals surface area contributed by atoms with Crippen molar-refractivity contribution in [3.8, 4) is 11.8 Å². The first kappa shape index (κ1) is 29.5. The quantitative estimate of drug-likeness (QED) is 0.296. The van der Waals surface area contributed by atoms with Crippen molar-refractivity contribution in [2.75, 3.05) is 26.2 Å². The maximum absolute atomic E-state index is 16.4. The van der Waals surface area contributed by atoms with Crippen molar-refractivity contribution in [3.63, 3.8) is 0 Å². The summed E-state index contributed by atoms with van der Waals surface area (Å²) >= 11 is 0.812. The van der Waals surface area contributed by atoms with Gasteiger partial charge in [0, 0.05) is 36.3 Å². The third kappa shape index (κ3) is 5.67. The number of hydrogen-bond acceptors (Lipinski definition) is 7. The number of rotatable bonds is 9. The predicted molar refractivity (Wildman–Crippen MR) is 149 cm³/mol. The smallest absolute Gasteiger partial charge is 0.158 e. The molecular formula is C29H36F2N4O2S. The number of nitriles is 1. The Morgan fingerprint density at radius 3 is 2.47 bits per heavy atom. The van der Waals surface area contributed by atoms with Gasteiger partial charge in [-0.05, 0) is 49.0 Å². The molecule has 0 aliphatic carbocycles. The number of anilines is 1. The Morgan fingerprint density at radius 2 is 1.89 bits per heavy atom. The first-order chi connectivity index (χ1) is 17.9. The fourth-order valence-electron chi connectivity index (χ4n) is 4.90. The molecule has 0 amide bonds. The van der Waals surface area contributed by atoms with E-state index in [0.717, 1.165) is 36.4 Å². The summed E-state index contributed by atoms with van der Waals surface area (Å²) in [5, 5.41) is 32.4. The van der Waals surface area contributed by atoms with Crippen molar-refractivity contribution in [1.82, 2.24) is 4.90 Å². The van der Waals surface area contributed by atoms with Crippen LogP contribution in [0.3, 0.4) is 0 Å². The van der Waals surface area contributed by atoms with Crippen LogP contribution in [0.4, 0.5) is 14.5 Å². The number of phenols is 1. The van der Waals surface area contributed by atoms with E-state index in [4.69, 9.17) is 10.1 Å². The zero-order valence-electron chi connectivity index (χ0n) is 23.0. The van der Waals surface area contributed by atoms with Gasteiger partial charge in [0.1, 0.15) is 29.4 Å². The molecule has 0 radical (unpaired) electrons. The average Bonchev–Trinajstić information content (AvgIpc) is 3.20. The van der Waals surface area contributed by atoms with Crippen LogP contribution >= 0.6 is 11.8 Å². The van der Waals surface area contributed by atoms with E-state index in [2.05, 4.69) is 37.9 Å². The molecule has 1 atom stereocenters. The minimum absolute atomic E-state index is 0.0175. The van der Waals surface area contributed by atoms with Crippen molar-refractivity contribution >= 4 is 33.8 Å². The molecule has 1 heterocycles. The lowest BCUT2D eigenvalue weighted by Gasteiger charge is -2.34. The van der Waals surface area contributed by atoms with Crippen LogP contribution in [0.25, 0.3) is 11.3 Å². The second-order valence-corrected chi connectivity index (χ2v) is 11.3. The molecule has 9 heteroatoms. The minimum Gasteiger partial charge on any atom is -0.507 e. The van der Waals surface area contributed by atoms with E-state index in [1.165, 1.54) is 19.2 Å². The van der Waals surface area contributed by atoms with Gasteiger partial charge in [-0.1, -0.05) is 45.5 Å². The maximum Gasteiger partial charge on any atom is 0.158 e. The molecule has 1 aliphatic rings. The molecule has 2 aromatic carbocycles. The number of hydrogen-bond donors (Lipinski definition) is 3. The summed E-state index contributed by atoms with van der Waals surface area (Å²) in [4.78, 5) is 2.21. The number of benzene rings is 2. The number of nitrogens with one attached hydrogen (secondary N) is 2. The molecule has 0 aromatic heterocycles. The van der Waals surface area contributed by atoms with Crippen LogP contribution in [-0.2, 0) is 4.74 Å². The summed E-state index contributed by atoms with van der Waals surface area (Å²) in [6.45, 7) is 10.6. The summed E-state index contributed by atoms with van der Waals surface area (Å²) in [6, 6.07) is 6.14. The molecular weight excluding hydrogens is 506 g/mol. The number of nitrogens with zero attached hydrogens (tertiary/aromatic N) is 2. The predicted octanol–water partition coefficient (Wildman–Crippen LogP) is 5.25. The van der Waals surface area contributed by atoms with Crippen LogP contribution < -0.4 is 15.8 Å². The topological polar surface area (TPSA) is 92.4 Å². The van der Waals surface area contributed by atoms with E-state index in [9.17, 15) is 14.8 Å². The molecule has 3 N–H and O–H groups in total. The van der Waals surface area contributed by atoms with E-state index < -0.39 is 11.6 Å². The Bertz CT molecular complexity index is 1500. The van der Waals surface area contributed by atoms with Gasteiger partial charge in [-0.25, -0.2) is 8.78 Å². The normalized spacial score (nSPS) is 15.5. The largest absolute Gasteiger partial charge is 0.507 e. The minimum atomic E-state index is -0.748. The molecule has 0 saturated heterocycles. The molecule has 0 spiro atoms. The number of methoxy groups -OCH3 is 1. The molecule has 0 fully saturated rings. The van der Waals surface area contributed by atoms with Gasteiger partial charge < -0.3 is 20.1 Å². The standard InChI is InChI=1S/C29H36F2N4O2S/c1-15(2)8-11-22(16(3)4)35(6)17(5)19-12-23(36)25(26(31)27(19)34-14-37-7)18-9-10-21(30)28-24(18)20(13-32)29(33)38-28/h9-10,12,15-16,22,33-34,36H,8,11,14H2,1-7H3/b19-17+,25-18-,33-29?. The molecule has 0 saturated carbocycles. The first-order valence-corrected chi connectivity index (χ1v) is 13.5. The Morgan fingerprint density at radius 1 is 1.21 bits per heavy atom. The van der Waals surface area contributed by atoms with Crippen molar-refractivity contribution in [1.29, 1.82) is 10.7 Å². The first-order valence-electron chi connectivity index (χ1n) is 12.7. The highest BCUT2D eigenvalue weighted by molar-refractivity contribution is 8.15. The molecule has 6 nitrogen and oxygen atoms in total. The Hall–Kier alpha value is -3.09. The summed E-state index contributed by atoms with van der Waals surface area (Å²) in [6.07, 6.45) is 2.02. The van der Waals surface area contributed by atoms with Crippen LogP contribution in [0.2, 0.25) is 0 Å². The van der Waals surface area contributed by atoms with Crippen molar-refractivity contribution in [2.24, 2.45) is 11.8 Å². The third-order valence-corrected chi connectivity index (χ3v) is 8.05. The monoisotopic (exact) mass is 542 g/mol. The highest BCUT2D eigenvalue weighted by atomic mass is 32.2. The lowest BCUT2D eigenvalue weighted by molar-refractivity contribution is 0.220. The van der Waals surface area contributed by atoms with Crippen molar-refractivity contribution < 1.29 is 18.6 Å². The van der Waals surface area contributed by atoms with Crippen LogP contribution in [0.1, 0.15) is 47.5 Å². The maximum atomic E-state index is 16.4. The fourth-order valence-corrected chi connectivity index (χ4v) is 5.83. The van der Waals surface area contributed by atoms with Gasteiger partial charge in [0.2, 0.25) is 0 Å². The highest BCUT2D eigenvalue weighted by Crippen LogP contribution is 2.30. The number of ether oxygens (including phenoxy) is 1.